The van der Waals surface area contributed by atoms with E-state index in [2.05, 4.69) is 15.9 Å². The molecule has 0 saturated carbocycles. The Morgan fingerprint density at radius 3 is 2.79 bits per heavy atom. The number of halogens is 1. The third-order valence-corrected chi connectivity index (χ3v) is 2.25. The Morgan fingerprint density at radius 2 is 2.21 bits per heavy atom. The van der Waals surface area contributed by atoms with Gasteiger partial charge in [-0.2, -0.15) is 0 Å². The molecule has 0 aromatic heterocycles. The molecule has 0 aliphatic heterocycles. The first-order valence-corrected chi connectivity index (χ1v) is 4.96. The molecule has 0 bridgehead atoms. The minimum absolute atomic E-state index is 0.138. The zero-order chi connectivity index (χ0) is 10.6. The van der Waals surface area contributed by atoms with Gasteiger partial charge < -0.3 is 9.84 Å². The average Bonchev–Trinajstić information content (AvgIpc) is 2.14. The van der Waals surface area contributed by atoms with E-state index in [-0.39, 0.29) is 6.42 Å². The van der Waals surface area contributed by atoms with E-state index in [1.807, 2.05) is 18.2 Å². The summed E-state index contributed by atoms with van der Waals surface area (Å²) in [5.74, 6) is -0.0521. The third kappa shape index (κ3) is 3.38. The van der Waals surface area contributed by atoms with Crippen molar-refractivity contribution in [2.24, 2.45) is 0 Å². The van der Waals surface area contributed by atoms with Gasteiger partial charge in [0.05, 0.1) is 7.11 Å². The lowest BCUT2D eigenvalue weighted by atomic mass is 10.1. The number of hydrogen-bond acceptors (Lipinski definition) is 2. The highest BCUT2D eigenvalue weighted by atomic mass is 79.9. The Kier molecular flexibility index (Phi) is 3.95. The Balaban J connectivity index is 2.76. The predicted octanol–water partition coefficient (Wildman–Crippen LogP) is 2.47. The fourth-order valence-corrected chi connectivity index (χ4v) is 1.65. The molecule has 0 amide bonds. The van der Waals surface area contributed by atoms with Crippen LogP contribution in [0.3, 0.4) is 0 Å². The van der Waals surface area contributed by atoms with Crippen LogP contribution in [0.5, 0.6) is 5.75 Å². The highest BCUT2D eigenvalue weighted by Crippen LogP contribution is 2.21. The topological polar surface area (TPSA) is 46.5 Å². The number of hydrogen-bond donors (Lipinski definition) is 1. The number of aryl methyl sites for hydroxylation is 1. The van der Waals surface area contributed by atoms with Gasteiger partial charge in [-0.3, -0.25) is 4.79 Å². The lowest BCUT2D eigenvalue weighted by Crippen LogP contribution is -1.97. The summed E-state index contributed by atoms with van der Waals surface area (Å²) in [6.45, 7) is 0. The lowest BCUT2D eigenvalue weighted by molar-refractivity contribution is -0.136. The van der Waals surface area contributed by atoms with Gasteiger partial charge in [-0.15, -0.1) is 0 Å². The Bertz CT molecular complexity index is 336. The van der Waals surface area contributed by atoms with Crippen LogP contribution in [0.4, 0.5) is 0 Å². The van der Waals surface area contributed by atoms with Gasteiger partial charge in [-0.1, -0.05) is 15.9 Å². The molecule has 0 heterocycles. The van der Waals surface area contributed by atoms with Crippen LogP contribution < -0.4 is 4.74 Å². The maximum absolute atomic E-state index is 10.4. The Morgan fingerprint density at radius 1 is 1.50 bits per heavy atom. The number of benzene rings is 1. The third-order valence-electron chi connectivity index (χ3n) is 1.79. The van der Waals surface area contributed by atoms with E-state index in [1.165, 1.54) is 0 Å². The lowest BCUT2D eigenvalue weighted by Gasteiger charge is -2.04. The van der Waals surface area contributed by atoms with Gasteiger partial charge in [-0.05, 0) is 30.2 Å². The quantitative estimate of drug-likeness (QED) is 0.903. The molecule has 1 N–H and O–H groups in total. The van der Waals surface area contributed by atoms with Crippen molar-refractivity contribution in [3.63, 3.8) is 0 Å². The molecule has 14 heavy (non-hydrogen) atoms. The molecule has 3 nitrogen and oxygen atoms in total. The van der Waals surface area contributed by atoms with E-state index in [0.717, 1.165) is 15.8 Å². The van der Waals surface area contributed by atoms with Gasteiger partial charge >= 0.3 is 5.97 Å². The van der Waals surface area contributed by atoms with E-state index < -0.39 is 5.97 Å². The molecule has 0 aliphatic carbocycles. The molecule has 0 atom stereocenters. The number of carboxylic acid groups (broad SMARTS) is 1. The fraction of sp³-hybridized carbons (Fsp3) is 0.300. The van der Waals surface area contributed by atoms with E-state index in [4.69, 9.17) is 9.84 Å². The number of carbonyl (C=O) groups is 1. The zero-order valence-corrected chi connectivity index (χ0v) is 9.37. The summed E-state index contributed by atoms with van der Waals surface area (Å²) in [4.78, 5) is 10.4. The standard InChI is InChI=1S/C10H11BrO3/c1-14-9-5-7(2-3-10(12)13)4-8(11)6-9/h4-6H,2-3H2,1H3,(H,12,13). The first kappa shape index (κ1) is 11.0. The van der Waals surface area contributed by atoms with E-state index in [0.29, 0.717) is 6.42 Å². The van der Waals surface area contributed by atoms with Crippen molar-refractivity contribution < 1.29 is 14.6 Å². The second-order valence-electron chi connectivity index (χ2n) is 2.89. The molecule has 0 aliphatic rings. The van der Waals surface area contributed by atoms with Crippen LogP contribution in [0.15, 0.2) is 22.7 Å². The van der Waals surface area contributed by atoms with Crippen molar-refractivity contribution in [3.05, 3.63) is 28.2 Å². The van der Waals surface area contributed by atoms with E-state index in [1.54, 1.807) is 7.11 Å². The maximum atomic E-state index is 10.4. The zero-order valence-electron chi connectivity index (χ0n) is 7.79. The summed E-state index contributed by atoms with van der Waals surface area (Å²) in [6, 6.07) is 5.57. The van der Waals surface area contributed by atoms with Gasteiger partial charge in [0, 0.05) is 10.9 Å². The van der Waals surface area contributed by atoms with Crippen LogP contribution in [0.2, 0.25) is 0 Å². The van der Waals surface area contributed by atoms with Crippen molar-refractivity contribution in [1.82, 2.24) is 0 Å². The van der Waals surface area contributed by atoms with Crippen molar-refractivity contribution >= 4 is 21.9 Å². The molecule has 4 heteroatoms. The largest absolute Gasteiger partial charge is 0.497 e. The average molecular weight is 259 g/mol. The van der Waals surface area contributed by atoms with E-state index in [9.17, 15) is 4.79 Å². The molecule has 0 unspecified atom stereocenters. The molecule has 1 aromatic carbocycles. The van der Waals surface area contributed by atoms with Crippen LogP contribution in [-0.2, 0) is 11.2 Å². The number of ether oxygens (including phenoxy) is 1. The molecular weight excluding hydrogens is 248 g/mol. The van der Waals surface area contributed by atoms with Crippen LogP contribution in [0.25, 0.3) is 0 Å². The Hall–Kier alpha value is -1.03. The fourth-order valence-electron chi connectivity index (χ4n) is 1.13. The van der Waals surface area contributed by atoms with Crippen molar-refractivity contribution in [1.29, 1.82) is 0 Å². The van der Waals surface area contributed by atoms with Crippen molar-refractivity contribution in [3.8, 4) is 5.75 Å². The monoisotopic (exact) mass is 258 g/mol. The first-order valence-electron chi connectivity index (χ1n) is 4.17. The second kappa shape index (κ2) is 5.00. The van der Waals surface area contributed by atoms with Crippen LogP contribution >= 0.6 is 15.9 Å². The summed E-state index contributed by atoms with van der Waals surface area (Å²) in [5.41, 5.74) is 0.957. The summed E-state index contributed by atoms with van der Waals surface area (Å²) in [5, 5.41) is 8.53. The summed E-state index contributed by atoms with van der Waals surface area (Å²) in [7, 11) is 1.59. The minimum atomic E-state index is -0.788. The number of rotatable bonds is 4. The van der Waals surface area contributed by atoms with Gasteiger partial charge in [0.15, 0.2) is 0 Å². The molecule has 76 valence electrons. The van der Waals surface area contributed by atoms with Crippen LogP contribution in [0, 0.1) is 0 Å². The van der Waals surface area contributed by atoms with Crippen molar-refractivity contribution in [2.45, 2.75) is 12.8 Å². The normalized spacial score (nSPS) is 9.86. The van der Waals surface area contributed by atoms with Gasteiger partial charge in [-0.25, -0.2) is 0 Å². The molecular formula is C10H11BrO3. The summed E-state index contributed by atoms with van der Waals surface area (Å²) in [6.07, 6.45) is 0.657. The predicted molar refractivity (Wildman–Crippen MR) is 56.7 cm³/mol. The highest BCUT2D eigenvalue weighted by molar-refractivity contribution is 9.10. The first-order chi connectivity index (χ1) is 6.61. The minimum Gasteiger partial charge on any atom is -0.497 e. The SMILES string of the molecule is COc1cc(Br)cc(CCC(=O)O)c1. The van der Waals surface area contributed by atoms with Gasteiger partial charge in [0.1, 0.15) is 5.75 Å². The smallest absolute Gasteiger partial charge is 0.303 e. The number of aliphatic carboxylic acids is 1. The molecule has 1 rings (SSSR count). The number of methoxy groups -OCH3 is 1. The summed E-state index contributed by atoms with van der Waals surface area (Å²) >= 11 is 3.33. The number of carboxylic acids is 1. The van der Waals surface area contributed by atoms with Crippen LogP contribution in [0.1, 0.15) is 12.0 Å². The molecule has 1 aromatic rings. The molecule has 0 saturated heterocycles. The maximum Gasteiger partial charge on any atom is 0.303 e. The highest BCUT2D eigenvalue weighted by Gasteiger charge is 2.02. The second-order valence-corrected chi connectivity index (χ2v) is 3.81. The molecule has 0 spiro atoms. The molecule has 0 radical (unpaired) electrons. The summed E-state index contributed by atoms with van der Waals surface area (Å²) < 4.78 is 5.97. The van der Waals surface area contributed by atoms with Gasteiger partial charge in [0.25, 0.3) is 0 Å². The molecule has 0 fully saturated rings. The Labute approximate surface area is 90.8 Å². The van der Waals surface area contributed by atoms with Gasteiger partial charge in [0.2, 0.25) is 0 Å². The van der Waals surface area contributed by atoms with Crippen molar-refractivity contribution in [2.75, 3.05) is 7.11 Å². The van der Waals surface area contributed by atoms with Crippen LogP contribution in [-0.4, -0.2) is 18.2 Å². The van der Waals surface area contributed by atoms with E-state index >= 15 is 0 Å².